The summed E-state index contributed by atoms with van der Waals surface area (Å²) in [5, 5.41) is 14.8. The largest absolute Gasteiger partial charge is 0.472 e. The lowest BCUT2D eigenvalue weighted by atomic mass is 10.1. The van der Waals surface area contributed by atoms with Crippen LogP contribution in [0.2, 0.25) is 0 Å². The van der Waals surface area contributed by atoms with Gasteiger partial charge in [0, 0.05) is 36.4 Å². The van der Waals surface area contributed by atoms with Gasteiger partial charge < -0.3 is 25.1 Å². The maximum atomic E-state index is 12.1. The van der Waals surface area contributed by atoms with Crippen molar-refractivity contribution in [1.29, 1.82) is 0 Å². The number of amides is 3. The molecule has 27 heavy (non-hydrogen) atoms. The van der Waals surface area contributed by atoms with Gasteiger partial charge in [0.1, 0.15) is 0 Å². The number of aliphatic hydroxyl groups is 1. The van der Waals surface area contributed by atoms with Gasteiger partial charge in [0.25, 0.3) is 0 Å². The van der Waals surface area contributed by atoms with Crippen LogP contribution in [0.15, 0.2) is 41.2 Å². The Hall–Kier alpha value is -3.13. The van der Waals surface area contributed by atoms with Gasteiger partial charge in [0.15, 0.2) is 0 Å². The number of hydrogen-bond donors (Lipinski definition) is 3. The summed E-state index contributed by atoms with van der Waals surface area (Å²) in [4.78, 5) is 37.7. The van der Waals surface area contributed by atoms with Crippen molar-refractivity contribution < 1.29 is 23.9 Å². The third-order valence-electron chi connectivity index (χ3n) is 4.42. The van der Waals surface area contributed by atoms with Crippen molar-refractivity contribution in [3.05, 3.63) is 47.9 Å². The van der Waals surface area contributed by atoms with Gasteiger partial charge in [0.05, 0.1) is 18.6 Å². The van der Waals surface area contributed by atoms with E-state index in [1.807, 2.05) is 6.92 Å². The second kappa shape index (κ2) is 8.05. The smallest absolute Gasteiger partial charge is 0.313 e. The molecule has 0 saturated carbocycles. The van der Waals surface area contributed by atoms with Gasteiger partial charge in [-0.15, -0.1) is 0 Å². The number of anilines is 2. The Balaban J connectivity index is 1.60. The molecular formula is C19H21N3O5. The second-order valence-corrected chi connectivity index (χ2v) is 6.39. The minimum Gasteiger partial charge on any atom is -0.472 e. The number of carbonyl (C=O) groups excluding carboxylic acids is 3. The Kier molecular flexibility index (Phi) is 5.56. The summed E-state index contributed by atoms with van der Waals surface area (Å²) in [6.45, 7) is 2.41. The Morgan fingerprint density at radius 3 is 2.78 bits per heavy atom. The standard InChI is InChI=1S/C19H21N3O5/c1-12-4-5-14(9-15(12)22-7-2-3-17(22)24)21-19(26)18(25)20-10-16(23)13-6-8-27-11-13/h4-6,8-9,11,16,23H,2-3,7,10H2,1H3,(H,20,25)(H,21,26)/t16-/m1/s1. The number of rotatable bonds is 5. The minimum absolute atomic E-state index is 0.0487. The molecule has 1 aromatic carbocycles. The molecule has 8 nitrogen and oxygen atoms in total. The van der Waals surface area contributed by atoms with Crippen molar-refractivity contribution in [2.24, 2.45) is 0 Å². The molecular weight excluding hydrogens is 350 g/mol. The molecule has 142 valence electrons. The zero-order valence-electron chi connectivity index (χ0n) is 14.9. The fourth-order valence-electron chi connectivity index (χ4n) is 2.92. The van der Waals surface area contributed by atoms with Gasteiger partial charge >= 0.3 is 11.8 Å². The van der Waals surface area contributed by atoms with E-state index in [0.29, 0.717) is 24.2 Å². The highest BCUT2D eigenvalue weighted by Gasteiger charge is 2.24. The molecule has 0 radical (unpaired) electrons. The zero-order chi connectivity index (χ0) is 19.4. The summed E-state index contributed by atoms with van der Waals surface area (Å²) in [6.07, 6.45) is 3.12. The average molecular weight is 371 g/mol. The van der Waals surface area contributed by atoms with Gasteiger partial charge in [-0.1, -0.05) is 6.07 Å². The van der Waals surface area contributed by atoms with Gasteiger partial charge in [-0.05, 0) is 37.1 Å². The van der Waals surface area contributed by atoms with Crippen LogP contribution in [0.4, 0.5) is 11.4 Å². The molecule has 0 bridgehead atoms. The van der Waals surface area contributed by atoms with Crippen molar-refractivity contribution in [2.45, 2.75) is 25.9 Å². The van der Waals surface area contributed by atoms with Gasteiger partial charge in [-0.25, -0.2) is 0 Å². The molecule has 0 unspecified atom stereocenters. The van der Waals surface area contributed by atoms with E-state index in [9.17, 15) is 19.5 Å². The van der Waals surface area contributed by atoms with Crippen LogP contribution in [-0.4, -0.2) is 35.9 Å². The van der Waals surface area contributed by atoms with Gasteiger partial charge in [-0.3, -0.25) is 14.4 Å². The number of aliphatic hydroxyl groups excluding tert-OH is 1. The zero-order valence-corrected chi connectivity index (χ0v) is 14.9. The van der Waals surface area contributed by atoms with E-state index < -0.39 is 17.9 Å². The van der Waals surface area contributed by atoms with E-state index >= 15 is 0 Å². The Morgan fingerprint density at radius 1 is 1.30 bits per heavy atom. The molecule has 8 heteroatoms. The van der Waals surface area contributed by atoms with E-state index in [1.54, 1.807) is 29.2 Å². The van der Waals surface area contributed by atoms with E-state index in [2.05, 4.69) is 10.6 Å². The molecule has 1 atom stereocenters. The number of furan rings is 1. The number of hydrogen-bond acceptors (Lipinski definition) is 5. The van der Waals surface area contributed by atoms with Crippen LogP contribution in [0, 0.1) is 6.92 Å². The first-order valence-electron chi connectivity index (χ1n) is 8.66. The molecule has 0 spiro atoms. The molecule has 1 saturated heterocycles. The predicted octanol–water partition coefficient (Wildman–Crippen LogP) is 1.50. The normalized spacial score (nSPS) is 14.9. The summed E-state index contributed by atoms with van der Waals surface area (Å²) in [7, 11) is 0. The Morgan fingerprint density at radius 2 is 2.11 bits per heavy atom. The fourth-order valence-corrected chi connectivity index (χ4v) is 2.92. The lowest BCUT2D eigenvalue weighted by Crippen LogP contribution is -2.37. The van der Waals surface area contributed by atoms with Crippen LogP contribution >= 0.6 is 0 Å². The molecule has 1 aromatic heterocycles. The predicted molar refractivity (Wildman–Crippen MR) is 98.1 cm³/mol. The summed E-state index contributed by atoms with van der Waals surface area (Å²) in [5.74, 6) is -1.67. The van der Waals surface area contributed by atoms with E-state index in [4.69, 9.17) is 4.42 Å². The Bertz CT molecular complexity index is 847. The van der Waals surface area contributed by atoms with Gasteiger partial charge in [-0.2, -0.15) is 0 Å². The van der Waals surface area contributed by atoms with E-state index in [-0.39, 0.29) is 12.5 Å². The number of nitrogens with one attached hydrogen (secondary N) is 2. The lowest BCUT2D eigenvalue weighted by molar-refractivity contribution is -0.136. The van der Waals surface area contributed by atoms with Crippen molar-refractivity contribution >= 4 is 29.1 Å². The topological polar surface area (TPSA) is 112 Å². The van der Waals surface area contributed by atoms with Crippen molar-refractivity contribution in [2.75, 3.05) is 23.3 Å². The van der Waals surface area contributed by atoms with Crippen molar-refractivity contribution in [1.82, 2.24) is 5.32 Å². The van der Waals surface area contributed by atoms with Crippen LogP contribution < -0.4 is 15.5 Å². The maximum Gasteiger partial charge on any atom is 0.313 e. The summed E-state index contributed by atoms with van der Waals surface area (Å²) < 4.78 is 4.86. The first-order chi connectivity index (χ1) is 13.0. The first kappa shape index (κ1) is 18.7. The monoisotopic (exact) mass is 371 g/mol. The third kappa shape index (κ3) is 4.35. The lowest BCUT2D eigenvalue weighted by Gasteiger charge is -2.19. The highest BCUT2D eigenvalue weighted by atomic mass is 16.3. The van der Waals surface area contributed by atoms with Crippen LogP contribution in [-0.2, 0) is 14.4 Å². The number of nitrogens with zero attached hydrogens (tertiary/aromatic N) is 1. The van der Waals surface area contributed by atoms with Crippen molar-refractivity contribution in [3.63, 3.8) is 0 Å². The first-order valence-corrected chi connectivity index (χ1v) is 8.66. The van der Waals surface area contributed by atoms with Crippen LogP contribution in [0.3, 0.4) is 0 Å². The van der Waals surface area contributed by atoms with E-state index in [1.165, 1.54) is 12.5 Å². The summed E-state index contributed by atoms with van der Waals surface area (Å²) in [6, 6.07) is 6.72. The molecule has 2 aromatic rings. The summed E-state index contributed by atoms with van der Waals surface area (Å²) >= 11 is 0. The van der Waals surface area contributed by atoms with Gasteiger partial charge in [0.2, 0.25) is 5.91 Å². The number of aryl methyl sites for hydroxylation is 1. The molecule has 1 aliphatic rings. The van der Waals surface area contributed by atoms with Crippen molar-refractivity contribution in [3.8, 4) is 0 Å². The molecule has 2 heterocycles. The SMILES string of the molecule is Cc1ccc(NC(=O)C(=O)NC[C@@H](O)c2ccoc2)cc1N1CCCC1=O. The third-order valence-corrected chi connectivity index (χ3v) is 4.42. The number of carbonyl (C=O) groups is 3. The van der Waals surface area contributed by atoms with E-state index in [0.717, 1.165) is 17.7 Å². The van der Waals surface area contributed by atoms with Crippen LogP contribution in [0.25, 0.3) is 0 Å². The Labute approximate surface area is 156 Å². The quantitative estimate of drug-likeness (QED) is 0.690. The maximum absolute atomic E-state index is 12.1. The van der Waals surface area contributed by atoms with Crippen LogP contribution in [0.5, 0.6) is 0 Å². The minimum atomic E-state index is -0.965. The molecule has 1 fully saturated rings. The highest BCUT2D eigenvalue weighted by molar-refractivity contribution is 6.39. The molecule has 1 aliphatic heterocycles. The molecule has 0 aliphatic carbocycles. The molecule has 3 amide bonds. The molecule has 3 rings (SSSR count). The second-order valence-electron chi connectivity index (χ2n) is 6.39. The fraction of sp³-hybridized carbons (Fsp3) is 0.316. The molecule has 3 N–H and O–H groups in total. The van der Waals surface area contributed by atoms with Crippen LogP contribution in [0.1, 0.15) is 30.1 Å². The number of benzene rings is 1. The summed E-state index contributed by atoms with van der Waals surface area (Å²) in [5.41, 5.74) is 2.57. The highest BCUT2D eigenvalue weighted by Crippen LogP contribution is 2.28. The average Bonchev–Trinajstić information content (AvgIpc) is 3.32.